The van der Waals surface area contributed by atoms with Gasteiger partial charge in [0.2, 0.25) is 0 Å². The molecule has 0 aliphatic carbocycles. The summed E-state index contributed by atoms with van der Waals surface area (Å²) in [6.45, 7) is 3.80. The Bertz CT molecular complexity index is 287. The molecule has 1 heterocycles. The second-order valence-electron chi connectivity index (χ2n) is 4.10. The summed E-state index contributed by atoms with van der Waals surface area (Å²) in [5.74, 6) is 0. The average molecular weight is 191 g/mol. The Hall–Kier alpha value is -0.860. The van der Waals surface area contributed by atoms with Crippen LogP contribution in [0, 0.1) is 5.41 Å². The third-order valence-corrected chi connectivity index (χ3v) is 3.30. The molecule has 0 saturated carbocycles. The zero-order valence-corrected chi connectivity index (χ0v) is 8.57. The molecule has 1 atom stereocenters. The molecule has 1 saturated heterocycles. The number of rotatable bonds is 3. The van der Waals surface area contributed by atoms with E-state index in [-0.39, 0.29) is 11.5 Å². The third-order valence-electron chi connectivity index (χ3n) is 3.30. The Morgan fingerprint density at radius 3 is 2.43 bits per heavy atom. The van der Waals surface area contributed by atoms with Gasteiger partial charge in [-0.2, -0.15) is 0 Å². The van der Waals surface area contributed by atoms with E-state index in [1.807, 2.05) is 18.2 Å². The summed E-state index contributed by atoms with van der Waals surface area (Å²) in [5, 5.41) is 0. The number of nitrogens with two attached hydrogens (primary N) is 1. The summed E-state index contributed by atoms with van der Waals surface area (Å²) in [6, 6.07) is 10.4. The van der Waals surface area contributed by atoms with Crippen molar-refractivity contribution in [2.24, 2.45) is 11.1 Å². The van der Waals surface area contributed by atoms with Crippen LogP contribution >= 0.6 is 0 Å². The number of ether oxygens (including phenoxy) is 1. The first-order chi connectivity index (χ1) is 6.78. The Kier molecular flexibility index (Phi) is 2.57. The molecule has 2 rings (SSSR count). The van der Waals surface area contributed by atoms with E-state index in [0.717, 1.165) is 19.6 Å². The van der Waals surface area contributed by atoms with Crippen LogP contribution in [0.15, 0.2) is 30.3 Å². The SMILES string of the molecule is CCC1(C(N)c2ccccc2)COC1. The highest BCUT2D eigenvalue weighted by molar-refractivity contribution is 5.21. The standard InChI is InChI=1S/C12H17NO/c1-2-12(8-14-9-12)11(13)10-6-4-3-5-7-10/h3-7,11H,2,8-9,13H2,1H3. The van der Waals surface area contributed by atoms with Crippen LogP contribution in [0.4, 0.5) is 0 Å². The Balaban J connectivity index is 2.19. The van der Waals surface area contributed by atoms with Crippen molar-refractivity contribution in [3.05, 3.63) is 35.9 Å². The number of hydrogen-bond acceptors (Lipinski definition) is 2. The monoisotopic (exact) mass is 191 g/mol. The van der Waals surface area contributed by atoms with Gasteiger partial charge in [-0.05, 0) is 12.0 Å². The van der Waals surface area contributed by atoms with Crippen LogP contribution in [0.5, 0.6) is 0 Å². The van der Waals surface area contributed by atoms with Crippen molar-refractivity contribution in [1.82, 2.24) is 0 Å². The quantitative estimate of drug-likeness (QED) is 0.794. The summed E-state index contributed by atoms with van der Waals surface area (Å²) in [5.41, 5.74) is 7.67. The van der Waals surface area contributed by atoms with Crippen LogP contribution in [0.2, 0.25) is 0 Å². The highest BCUT2D eigenvalue weighted by Gasteiger charge is 2.42. The van der Waals surface area contributed by atoms with Gasteiger partial charge >= 0.3 is 0 Å². The lowest BCUT2D eigenvalue weighted by Gasteiger charge is -2.45. The molecule has 0 amide bonds. The lowest BCUT2D eigenvalue weighted by Crippen LogP contribution is -2.49. The van der Waals surface area contributed by atoms with Crippen molar-refractivity contribution in [1.29, 1.82) is 0 Å². The maximum absolute atomic E-state index is 6.27. The van der Waals surface area contributed by atoms with Gasteiger partial charge in [-0.1, -0.05) is 37.3 Å². The molecule has 1 aromatic carbocycles. The molecule has 2 N–H and O–H groups in total. The molecular formula is C12H17NO. The highest BCUT2D eigenvalue weighted by Crippen LogP contribution is 2.41. The number of benzene rings is 1. The van der Waals surface area contributed by atoms with Crippen molar-refractivity contribution in [3.8, 4) is 0 Å². The first kappa shape index (κ1) is 9.69. The molecule has 14 heavy (non-hydrogen) atoms. The molecule has 0 radical (unpaired) electrons. The van der Waals surface area contributed by atoms with Crippen molar-refractivity contribution in [3.63, 3.8) is 0 Å². The van der Waals surface area contributed by atoms with Crippen LogP contribution in [-0.4, -0.2) is 13.2 Å². The van der Waals surface area contributed by atoms with Gasteiger partial charge in [0.05, 0.1) is 13.2 Å². The van der Waals surface area contributed by atoms with Crippen molar-refractivity contribution < 1.29 is 4.74 Å². The van der Waals surface area contributed by atoms with Crippen LogP contribution in [0.25, 0.3) is 0 Å². The molecule has 76 valence electrons. The predicted molar refractivity (Wildman–Crippen MR) is 56.9 cm³/mol. The average Bonchev–Trinajstić information content (AvgIpc) is 2.18. The van der Waals surface area contributed by atoms with Crippen molar-refractivity contribution >= 4 is 0 Å². The molecule has 0 bridgehead atoms. The molecule has 1 unspecified atom stereocenters. The van der Waals surface area contributed by atoms with E-state index < -0.39 is 0 Å². The normalized spacial score (nSPS) is 21.3. The second kappa shape index (κ2) is 3.71. The number of hydrogen-bond donors (Lipinski definition) is 1. The van der Waals surface area contributed by atoms with E-state index in [4.69, 9.17) is 10.5 Å². The van der Waals surface area contributed by atoms with E-state index in [9.17, 15) is 0 Å². The van der Waals surface area contributed by atoms with Gasteiger partial charge in [-0.25, -0.2) is 0 Å². The van der Waals surface area contributed by atoms with Gasteiger partial charge < -0.3 is 10.5 Å². The first-order valence-electron chi connectivity index (χ1n) is 5.17. The van der Waals surface area contributed by atoms with Crippen LogP contribution in [0.1, 0.15) is 24.9 Å². The molecule has 2 nitrogen and oxygen atoms in total. The maximum Gasteiger partial charge on any atom is 0.0563 e. The predicted octanol–water partition coefficient (Wildman–Crippen LogP) is 2.11. The molecule has 1 aromatic rings. The van der Waals surface area contributed by atoms with Gasteiger partial charge in [-0.3, -0.25) is 0 Å². The van der Waals surface area contributed by atoms with E-state index in [1.54, 1.807) is 0 Å². The van der Waals surface area contributed by atoms with E-state index in [1.165, 1.54) is 5.56 Å². The zero-order chi connectivity index (χ0) is 10.0. The fraction of sp³-hybridized carbons (Fsp3) is 0.500. The molecular weight excluding hydrogens is 174 g/mol. The van der Waals surface area contributed by atoms with E-state index in [2.05, 4.69) is 19.1 Å². The van der Waals surface area contributed by atoms with Gasteiger partial charge in [0.15, 0.2) is 0 Å². The molecule has 0 spiro atoms. The first-order valence-corrected chi connectivity index (χ1v) is 5.17. The lowest BCUT2D eigenvalue weighted by molar-refractivity contribution is -0.129. The molecule has 1 aliphatic heterocycles. The summed E-state index contributed by atoms with van der Waals surface area (Å²) in [7, 11) is 0. The maximum atomic E-state index is 6.27. The van der Waals surface area contributed by atoms with Crippen LogP contribution in [-0.2, 0) is 4.74 Å². The summed E-state index contributed by atoms with van der Waals surface area (Å²) in [6.07, 6.45) is 1.09. The Labute approximate surface area is 85.1 Å². The third kappa shape index (κ3) is 1.45. The fourth-order valence-electron chi connectivity index (χ4n) is 1.98. The minimum atomic E-state index is 0.113. The van der Waals surface area contributed by atoms with Crippen molar-refractivity contribution in [2.45, 2.75) is 19.4 Å². The summed E-state index contributed by atoms with van der Waals surface area (Å²) >= 11 is 0. The zero-order valence-electron chi connectivity index (χ0n) is 8.57. The second-order valence-corrected chi connectivity index (χ2v) is 4.10. The van der Waals surface area contributed by atoms with Crippen LogP contribution < -0.4 is 5.73 Å². The molecule has 2 heteroatoms. The van der Waals surface area contributed by atoms with Crippen LogP contribution in [0.3, 0.4) is 0 Å². The van der Waals surface area contributed by atoms with Gasteiger partial charge in [-0.15, -0.1) is 0 Å². The molecule has 0 aromatic heterocycles. The fourth-order valence-corrected chi connectivity index (χ4v) is 1.98. The lowest BCUT2D eigenvalue weighted by atomic mass is 9.74. The highest BCUT2D eigenvalue weighted by atomic mass is 16.5. The summed E-state index contributed by atoms with van der Waals surface area (Å²) in [4.78, 5) is 0. The smallest absolute Gasteiger partial charge is 0.0563 e. The summed E-state index contributed by atoms with van der Waals surface area (Å²) < 4.78 is 5.29. The Morgan fingerprint density at radius 2 is 2.00 bits per heavy atom. The topological polar surface area (TPSA) is 35.2 Å². The van der Waals surface area contributed by atoms with E-state index in [0.29, 0.717) is 0 Å². The minimum absolute atomic E-state index is 0.113. The van der Waals surface area contributed by atoms with Crippen molar-refractivity contribution in [2.75, 3.05) is 13.2 Å². The Morgan fingerprint density at radius 1 is 1.36 bits per heavy atom. The molecule has 1 fully saturated rings. The largest absolute Gasteiger partial charge is 0.380 e. The minimum Gasteiger partial charge on any atom is -0.380 e. The van der Waals surface area contributed by atoms with Gasteiger partial charge in [0, 0.05) is 11.5 Å². The van der Waals surface area contributed by atoms with Gasteiger partial charge in [0.25, 0.3) is 0 Å². The van der Waals surface area contributed by atoms with E-state index >= 15 is 0 Å². The van der Waals surface area contributed by atoms with Gasteiger partial charge in [0.1, 0.15) is 0 Å². The molecule has 1 aliphatic rings.